The van der Waals surface area contributed by atoms with Crippen LogP contribution in [-0.2, 0) is 13.0 Å². The average Bonchev–Trinajstić information content (AvgIpc) is 3.10. The lowest BCUT2D eigenvalue weighted by Crippen LogP contribution is -2.18. The minimum Gasteiger partial charge on any atom is -0.338 e. The van der Waals surface area contributed by atoms with Crippen molar-refractivity contribution >= 4 is 11.3 Å². The van der Waals surface area contributed by atoms with Crippen LogP contribution in [0.4, 0.5) is 13.2 Å². The molecule has 3 rings (SSSR count). The van der Waals surface area contributed by atoms with Crippen LogP contribution in [0.1, 0.15) is 17.3 Å². The van der Waals surface area contributed by atoms with Gasteiger partial charge in [0.15, 0.2) is 5.01 Å². The van der Waals surface area contributed by atoms with E-state index < -0.39 is 12.7 Å². The molecule has 0 unspecified atom stereocenters. The summed E-state index contributed by atoms with van der Waals surface area (Å²) in [5.41, 5.74) is 1.28. The molecule has 0 saturated heterocycles. The maximum atomic E-state index is 12.3. The Labute approximate surface area is 126 Å². The Morgan fingerprint density at radius 1 is 1.32 bits per heavy atom. The molecule has 3 heterocycles. The standard InChI is InChI=1S/C12H10F3N5OS/c1-7-5-22-11(16-7)10-17-9(21-19-10)4-8-2-3-20(18-8)6-12(13,14)15/h2-3,5H,4,6H2,1H3. The zero-order valence-corrected chi connectivity index (χ0v) is 12.1. The predicted molar refractivity (Wildman–Crippen MR) is 71.2 cm³/mol. The van der Waals surface area contributed by atoms with Gasteiger partial charge in [0.1, 0.15) is 6.54 Å². The summed E-state index contributed by atoms with van der Waals surface area (Å²) in [6.45, 7) is 0.731. The molecular formula is C12H10F3N5OS. The molecule has 0 amide bonds. The van der Waals surface area contributed by atoms with E-state index in [2.05, 4.69) is 20.2 Å². The molecule has 10 heteroatoms. The third-order valence-electron chi connectivity index (χ3n) is 2.65. The van der Waals surface area contributed by atoms with E-state index in [1.54, 1.807) is 0 Å². The normalized spacial score (nSPS) is 12.0. The van der Waals surface area contributed by atoms with Crippen LogP contribution < -0.4 is 0 Å². The highest BCUT2D eigenvalue weighted by Crippen LogP contribution is 2.21. The molecule has 0 aliphatic rings. The van der Waals surface area contributed by atoms with Gasteiger partial charge in [-0.05, 0) is 13.0 Å². The second-order valence-electron chi connectivity index (χ2n) is 4.60. The van der Waals surface area contributed by atoms with E-state index in [9.17, 15) is 13.2 Å². The van der Waals surface area contributed by atoms with Crippen molar-refractivity contribution in [2.75, 3.05) is 0 Å². The molecule has 116 valence electrons. The number of nitrogens with zero attached hydrogens (tertiary/aromatic N) is 5. The molecule has 0 fully saturated rings. The number of aryl methyl sites for hydroxylation is 1. The second kappa shape index (κ2) is 5.52. The minimum absolute atomic E-state index is 0.169. The zero-order valence-electron chi connectivity index (χ0n) is 11.3. The van der Waals surface area contributed by atoms with E-state index >= 15 is 0 Å². The van der Waals surface area contributed by atoms with Crippen molar-refractivity contribution in [2.24, 2.45) is 0 Å². The smallest absolute Gasteiger partial charge is 0.338 e. The number of hydrogen-bond donors (Lipinski definition) is 0. The van der Waals surface area contributed by atoms with Crippen molar-refractivity contribution in [3.63, 3.8) is 0 Å². The highest BCUT2D eigenvalue weighted by molar-refractivity contribution is 7.13. The van der Waals surface area contributed by atoms with Crippen LogP contribution in [0.15, 0.2) is 22.2 Å². The molecule has 3 aromatic heterocycles. The van der Waals surface area contributed by atoms with Gasteiger partial charge in [-0.1, -0.05) is 5.16 Å². The maximum Gasteiger partial charge on any atom is 0.408 e. The zero-order chi connectivity index (χ0) is 15.7. The molecule has 0 atom stereocenters. The van der Waals surface area contributed by atoms with E-state index in [1.807, 2.05) is 12.3 Å². The molecule has 0 bridgehead atoms. The van der Waals surface area contributed by atoms with E-state index in [0.717, 1.165) is 10.4 Å². The lowest BCUT2D eigenvalue weighted by Gasteiger charge is -2.05. The third-order valence-corrected chi connectivity index (χ3v) is 3.60. The summed E-state index contributed by atoms with van der Waals surface area (Å²) in [4.78, 5) is 8.41. The maximum absolute atomic E-state index is 12.3. The lowest BCUT2D eigenvalue weighted by atomic mass is 10.3. The highest BCUT2D eigenvalue weighted by Gasteiger charge is 2.28. The van der Waals surface area contributed by atoms with Crippen molar-refractivity contribution in [2.45, 2.75) is 26.1 Å². The third kappa shape index (κ3) is 3.50. The summed E-state index contributed by atoms with van der Waals surface area (Å²) >= 11 is 1.39. The van der Waals surface area contributed by atoms with Gasteiger partial charge < -0.3 is 4.52 Å². The molecule has 0 spiro atoms. The Kier molecular flexibility index (Phi) is 3.69. The number of halogens is 3. The van der Waals surface area contributed by atoms with E-state index in [4.69, 9.17) is 4.52 Å². The fraction of sp³-hybridized carbons (Fsp3) is 0.333. The first-order chi connectivity index (χ1) is 10.4. The first-order valence-electron chi connectivity index (χ1n) is 6.23. The molecule has 0 saturated carbocycles. The van der Waals surface area contributed by atoms with Gasteiger partial charge in [0.05, 0.1) is 12.1 Å². The fourth-order valence-electron chi connectivity index (χ4n) is 1.79. The Morgan fingerprint density at radius 2 is 2.14 bits per heavy atom. The quantitative estimate of drug-likeness (QED) is 0.736. The molecule has 6 nitrogen and oxygen atoms in total. The minimum atomic E-state index is -4.30. The van der Waals surface area contributed by atoms with Gasteiger partial charge >= 0.3 is 6.18 Å². The second-order valence-corrected chi connectivity index (χ2v) is 5.46. The van der Waals surface area contributed by atoms with Gasteiger partial charge in [0.2, 0.25) is 11.7 Å². The van der Waals surface area contributed by atoms with E-state index in [1.165, 1.54) is 23.6 Å². The SMILES string of the molecule is Cc1csc(-c2noc(Cc3ccn(CC(F)(F)F)n3)n2)n1. The van der Waals surface area contributed by atoms with Crippen molar-refractivity contribution in [1.29, 1.82) is 0 Å². The molecule has 3 aromatic rings. The largest absolute Gasteiger partial charge is 0.408 e. The molecular weight excluding hydrogens is 319 g/mol. The lowest BCUT2D eigenvalue weighted by molar-refractivity contribution is -0.142. The van der Waals surface area contributed by atoms with Crippen LogP contribution in [-0.4, -0.2) is 31.1 Å². The van der Waals surface area contributed by atoms with Crippen LogP contribution in [0.25, 0.3) is 10.8 Å². The monoisotopic (exact) mass is 329 g/mol. The van der Waals surface area contributed by atoms with Crippen LogP contribution in [0.5, 0.6) is 0 Å². The summed E-state index contributed by atoms with van der Waals surface area (Å²) < 4.78 is 42.7. The Hall–Kier alpha value is -2.23. The number of aromatic nitrogens is 5. The summed E-state index contributed by atoms with van der Waals surface area (Å²) in [6.07, 6.45) is -2.86. The van der Waals surface area contributed by atoms with Crippen molar-refractivity contribution in [1.82, 2.24) is 24.9 Å². The van der Waals surface area contributed by atoms with Gasteiger partial charge in [-0.3, -0.25) is 4.68 Å². The average molecular weight is 329 g/mol. The van der Waals surface area contributed by atoms with E-state index in [-0.39, 0.29) is 12.3 Å². The number of alkyl halides is 3. The molecule has 0 aliphatic carbocycles. The van der Waals surface area contributed by atoms with Gasteiger partial charge in [-0.25, -0.2) is 4.98 Å². The van der Waals surface area contributed by atoms with Crippen molar-refractivity contribution in [3.05, 3.63) is 34.9 Å². The van der Waals surface area contributed by atoms with Crippen molar-refractivity contribution in [3.8, 4) is 10.8 Å². The Morgan fingerprint density at radius 3 is 2.82 bits per heavy atom. The summed E-state index contributed by atoms with van der Waals surface area (Å²) in [6, 6.07) is 1.49. The van der Waals surface area contributed by atoms with Gasteiger partial charge in [-0.2, -0.15) is 23.3 Å². The molecule has 0 aliphatic heterocycles. The fourth-order valence-corrected chi connectivity index (χ4v) is 2.51. The van der Waals surface area contributed by atoms with Crippen LogP contribution in [0, 0.1) is 6.92 Å². The van der Waals surface area contributed by atoms with Crippen molar-refractivity contribution < 1.29 is 17.7 Å². The Bertz CT molecular complexity index is 776. The van der Waals surface area contributed by atoms with Crippen LogP contribution >= 0.6 is 11.3 Å². The highest BCUT2D eigenvalue weighted by atomic mass is 32.1. The number of rotatable bonds is 4. The first kappa shape index (κ1) is 14.7. The van der Waals surface area contributed by atoms with Crippen LogP contribution in [0.3, 0.4) is 0 Å². The topological polar surface area (TPSA) is 69.6 Å². The predicted octanol–water partition coefficient (Wildman–Crippen LogP) is 2.85. The van der Waals surface area contributed by atoms with Gasteiger partial charge in [-0.15, -0.1) is 11.3 Å². The molecule has 0 aromatic carbocycles. The molecule has 0 radical (unpaired) electrons. The number of thiazole rings is 1. The number of hydrogen-bond acceptors (Lipinski definition) is 6. The Balaban J connectivity index is 1.70. The van der Waals surface area contributed by atoms with Gasteiger partial charge in [0, 0.05) is 17.3 Å². The summed E-state index contributed by atoms with van der Waals surface area (Å²) in [5, 5.41) is 10.1. The molecule has 22 heavy (non-hydrogen) atoms. The summed E-state index contributed by atoms with van der Waals surface area (Å²) in [5.74, 6) is 0.642. The van der Waals surface area contributed by atoms with Gasteiger partial charge in [0.25, 0.3) is 0 Å². The van der Waals surface area contributed by atoms with E-state index in [0.29, 0.717) is 16.5 Å². The molecule has 0 N–H and O–H groups in total. The van der Waals surface area contributed by atoms with Crippen LogP contribution in [0.2, 0.25) is 0 Å². The summed E-state index contributed by atoms with van der Waals surface area (Å²) in [7, 11) is 0. The first-order valence-corrected chi connectivity index (χ1v) is 7.11.